The first-order valence-corrected chi connectivity index (χ1v) is 10.7. The molecule has 0 spiro atoms. The van der Waals surface area contributed by atoms with Crippen LogP contribution in [0.4, 0.5) is 13.6 Å². The fourth-order valence-electron chi connectivity index (χ4n) is 4.50. The molecule has 2 aromatic rings. The maximum atomic E-state index is 15.1. The van der Waals surface area contributed by atoms with Gasteiger partial charge in [0.2, 0.25) is 0 Å². The molecule has 0 aromatic heterocycles. The van der Waals surface area contributed by atoms with Crippen molar-refractivity contribution in [2.24, 2.45) is 5.92 Å². The molecule has 5 nitrogen and oxygen atoms in total. The number of amides is 1. The van der Waals surface area contributed by atoms with Gasteiger partial charge >= 0.3 is 6.09 Å². The van der Waals surface area contributed by atoms with Crippen LogP contribution >= 0.6 is 0 Å². The third-order valence-electron chi connectivity index (χ3n) is 5.97. The van der Waals surface area contributed by atoms with Crippen LogP contribution in [0.25, 0.3) is 11.1 Å². The molecule has 1 unspecified atom stereocenters. The number of carbonyl (C=O) groups excluding carboxylic acids is 1. The number of aliphatic hydroxyl groups is 1. The minimum Gasteiger partial charge on any atom is -0.453 e. The number of methoxy groups -OCH3 is 1. The zero-order chi connectivity index (χ0) is 22.4. The van der Waals surface area contributed by atoms with Crippen molar-refractivity contribution in [3.05, 3.63) is 59.2 Å². The summed E-state index contributed by atoms with van der Waals surface area (Å²) in [4.78, 5) is 11.4. The number of rotatable bonds is 7. The van der Waals surface area contributed by atoms with Crippen molar-refractivity contribution in [3.63, 3.8) is 0 Å². The molecule has 7 heteroatoms. The number of piperidine rings is 1. The van der Waals surface area contributed by atoms with Gasteiger partial charge < -0.3 is 20.5 Å². The number of nitrogens with one attached hydrogen (secondary N) is 2. The zero-order valence-corrected chi connectivity index (χ0v) is 18.0. The van der Waals surface area contributed by atoms with E-state index in [9.17, 15) is 14.3 Å². The van der Waals surface area contributed by atoms with Gasteiger partial charge in [0.05, 0.1) is 12.7 Å². The van der Waals surface area contributed by atoms with Gasteiger partial charge in [0.1, 0.15) is 11.6 Å². The molecule has 3 rings (SSSR count). The predicted octanol–water partition coefficient (Wildman–Crippen LogP) is 4.26. The van der Waals surface area contributed by atoms with Crippen LogP contribution < -0.4 is 10.6 Å². The van der Waals surface area contributed by atoms with E-state index in [-0.39, 0.29) is 11.5 Å². The average molecular weight is 433 g/mol. The van der Waals surface area contributed by atoms with Crippen LogP contribution in [-0.2, 0) is 10.3 Å². The Balaban J connectivity index is 2.02. The second-order valence-electron chi connectivity index (χ2n) is 8.17. The Kier molecular flexibility index (Phi) is 7.62. The Morgan fingerprint density at radius 2 is 2.13 bits per heavy atom. The summed E-state index contributed by atoms with van der Waals surface area (Å²) >= 11 is 0. The Bertz CT molecular complexity index is 895. The van der Waals surface area contributed by atoms with Gasteiger partial charge in [0.25, 0.3) is 0 Å². The van der Waals surface area contributed by atoms with E-state index < -0.39 is 23.3 Å². The van der Waals surface area contributed by atoms with Crippen LogP contribution in [0.5, 0.6) is 0 Å². The maximum Gasteiger partial charge on any atom is 0.406 e. The summed E-state index contributed by atoms with van der Waals surface area (Å²) in [7, 11) is 1.29. The quantitative estimate of drug-likeness (QED) is 0.572. The predicted molar refractivity (Wildman–Crippen MR) is 116 cm³/mol. The summed E-state index contributed by atoms with van der Waals surface area (Å²) in [6, 6.07) is 9.04. The van der Waals surface area contributed by atoms with Gasteiger partial charge in [-0.2, -0.15) is 0 Å². The first kappa shape index (κ1) is 23.2. The normalized spacial score (nSPS) is 18.3. The zero-order valence-electron chi connectivity index (χ0n) is 18.0. The van der Waals surface area contributed by atoms with Crippen molar-refractivity contribution >= 4 is 6.09 Å². The summed E-state index contributed by atoms with van der Waals surface area (Å²) < 4.78 is 33.8. The fraction of sp³-hybridized carbons (Fsp3) is 0.458. The maximum absolute atomic E-state index is 15.1. The molecule has 2 atom stereocenters. The second-order valence-corrected chi connectivity index (χ2v) is 8.17. The van der Waals surface area contributed by atoms with Crippen LogP contribution in [0.15, 0.2) is 36.4 Å². The molecule has 0 radical (unpaired) electrons. The Labute approximate surface area is 181 Å². The topological polar surface area (TPSA) is 70.6 Å². The van der Waals surface area contributed by atoms with Crippen molar-refractivity contribution in [1.82, 2.24) is 10.6 Å². The van der Waals surface area contributed by atoms with Gasteiger partial charge in [-0.25, -0.2) is 13.6 Å². The molecule has 0 aliphatic carbocycles. The molecule has 0 saturated carbocycles. The highest BCUT2D eigenvalue weighted by molar-refractivity contribution is 5.70. The van der Waals surface area contributed by atoms with Gasteiger partial charge in [-0.1, -0.05) is 18.2 Å². The minimum absolute atomic E-state index is 0.144. The number of aryl methyl sites for hydroxylation is 1. The highest BCUT2D eigenvalue weighted by Crippen LogP contribution is 2.43. The number of halogens is 2. The van der Waals surface area contributed by atoms with Crippen molar-refractivity contribution in [2.45, 2.75) is 38.2 Å². The summed E-state index contributed by atoms with van der Waals surface area (Å²) in [6.45, 7) is 3.54. The lowest BCUT2D eigenvalue weighted by Crippen LogP contribution is -2.45. The average Bonchev–Trinajstić information content (AvgIpc) is 2.76. The van der Waals surface area contributed by atoms with Crippen molar-refractivity contribution in [2.75, 3.05) is 26.7 Å². The van der Waals surface area contributed by atoms with Crippen LogP contribution in [0.1, 0.15) is 36.8 Å². The number of alkyl carbamates (subject to hydrolysis) is 1. The molecule has 1 aliphatic rings. The molecule has 3 N–H and O–H groups in total. The van der Waals surface area contributed by atoms with Gasteiger partial charge in [0.15, 0.2) is 0 Å². The van der Waals surface area contributed by atoms with Gasteiger partial charge in [0, 0.05) is 24.6 Å². The molecular formula is C24H30F2N2O3. The number of hydrogen-bond acceptors (Lipinski definition) is 4. The molecule has 1 fully saturated rings. The van der Waals surface area contributed by atoms with E-state index in [0.717, 1.165) is 19.4 Å². The van der Waals surface area contributed by atoms with Crippen LogP contribution in [-0.4, -0.2) is 37.9 Å². The summed E-state index contributed by atoms with van der Waals surface area (Å²) in [5.41, 5.74) is 0.404. The highest BCUT2D eigenvalue weighted by Gasteiger charge is 2.40. The molecule has 168 valence electrons. The van der Waals surface area contributed by atoms with E-state index in [1.54, 1.807) is 25.1 Å². The van der Waals surface area contributed by atoms with E-state index >= 15 is 4.39 Å². The number of benzene rings is 2. The smallest absolute Gasteiger partial charge is 0.406 e. The van der Waals surface area contributed by atoms with Crippen molar-refractivity contribution < 1.29 is 23.4 Å². The number of hydrogen-bond donors (Lipinski definition) is 3. The SMILES string of the molecule is COC(=O)NCCCC(O)(c1cccc(F)c1-c1cc(C)cc(F)c1)[C@@H]1CCCNC1. The van der Waals surface area contributed by atoms with Crippen molar-refractivity contribution in [3.8, 4) is 11.1 Å². The molecular weight excluding hydrogens is 402 g/mol. The van der Waals surface area contributed by atoms with Gasteiger partial charge in [-0.05, 0) is 74.0 Å². The monoisotopic (exact) mass is 432 g/mol. The molecule has 1 aliphatic heterocycles. The van der Waals surface area contributed by atoms with Gasteiger partial charge in [-0.3, -0.25) is 0 Å². The van der Waals surface area contributed by atoms with Crippen LogP contribution in [0.3, 0.4) is 0 Å². The third-order valence-corrected chi connectivity index (χ3v) is 5.97. The summed E-state index contributed by atoms with van der Waals surface area (Å²) in [5.74, 6) is -1.10. The molecule has 0 bridgehead atoms. The second kappa shape index (κ2) is 10.2. The van der Waals surface area contributed by atoms with E-state index in [2.05, 4.69) is 15.4 Å². The molecule has 2 aromatic carbocycles. The van der Waals surface area contributed by atoms with Crippen LogP contribution in [0, 0.1) is 24.5 Å². The Hall–Kier alpha value is -2.51. The first-order chi connectivity index (χ1) is 14.8. The Morgan fingerprint density at radius 1 is 1.32 bits per heavy atom. The van der Waals surface area contributed by atoms with Gasteiger partial charge in [-0.15, -0.1) is 0 Å². The highest BCUT2D eigenvalue weighted by atomic mass is 19.1. The third kappa shape index (κ3) is 5.40. The fourth-order valence-corrected chi connectivity index (χ4v) is 4.50. The molecule has 1 saturated heterocycles. The van der Waals surface area contributed by atoms with E-state index in [4.69, 9.17) is 0 Å². The summed E-state index contributed by atoms with van der Waals surface area (Å²) in [6.07, 6.45) is 1.93. The first-order valence-electron chi connectivity index (χ1n) is 10.7. The lowest BCUT2D eigenvalue weighted by Gasteiger charge is -2.40. The Morgan fingerprint density at radius 3 is 2.81 bits per heavy atom. The lowest BCUT2D eigenvalue weighted by molar-refractivity contribution is -0.0417. The van der Waals surface area contributed by atoms with Crippen LogP contribution in [0.2, 0.25) is 0 Å². The van der Waals surface area contributed by atoms with E-state index in [1.807, 2.05) is 0 Å². The van der Waals surface area contributed by atoms with Crippen molar-refractivity contribution in [1.29, 1.82) is 0 Å². The largest absolute Gasteiger partial charge is 0.453 e. The number of ether oxygens (including phenoxy) is 1. The van der Waals surface area contributed by atoms with E-state index in [1.165, 1.54) is 25.3 Å². The molecule has 31 heavy (non-hydrogen) atoms. The summed E-state index contributed by atoms with van der Waals surface area (Å²) in [5, 5.41) is 17.9. The lowest BCUT2D eigenvalue weighted by atomic mass is 9.72. The molecule has 1 heterocycles. The minimum atomic E-state index is -1.34. The number of carbonyl (C=O) groups is 1. The standard InChI is InChI=1S/C24H30F2N2O3/c1-16-12-17(14-19(25)13-16)22-20(7-3-8-21(22)26)24(30,18-6-4-10-27-15-18)9-5-11-28-23(29)31-2/h3,7-8,12-14,18,27,30H,4-6,9-11,15H2,1-2H3,(H,28,29)/t18-,24?/m1/s1. The molecule has 1 amide bonds. The van der Waals surface area contributed by atoms with E-state index in [0.29, 0.717) is 42.6 Å².